The van der Waals surface area contributed by atoms with Crippen molar-refractivity contribution in [3.05, 3.63) is 24.0 Å². The monoisotopic (exact) mass is 718 g/mol. The highest BCUT2D eigenvalue weighted by Crippen LogP contribution is 2.76. The quantitative estimate of drug-likeness (QED) is 0.171. The van der Waals surface area contributed by atoms with Crippen LogP contribution < -0.4 is 5.32 Å². The van der Waals surface area contributed by atoms with E-state index in [4.69, 9.17) is 4.18 Å². The molecular formula is C36H57F3N2O5S2. The molecule has 1 heterocycles. The van der Waals surface area contributed by atoms with Crippen molar-refractivity contribution < 1.29 is 34.2 Å². The maximum atomic E-state index is 13.3. The number of nitrogens with one attached hydrogen (secondary N) is 1. The van der Waals surface area contributed by atoms with Gasteiger partial charge in [0.15, 0.2) is 9.84 Å². The number of nitrogens with zero attached hydrogens (tertiary/aromatic N) is 1. The summed E-state index contributed by atoms with van der Waals surface area (Å²) in [5.74, 6) is 2.18. The summed E-state index contributed by atoms with van der Waals surface area (Å²) in [7, 11) is -8.65. The van der Waals surface area contributed by atoms with Gasteiger partial charge in [-0.15, -0.1) is 0 Å². The minimum absolute atomic E-state index is 0.00423. The van der Waals surface area contributed by atoms with Crippen LogP contribution in [0.25, 0.3) is 0 Å². The maximum Gasteiger partial charge on any atom is 0.534 e. The molecule has 1 unspecified atom stereocenters. The van der Waals surface area contributed by atoms with Crippen LogP contribution in [-0.2, 0) is 24.1 Å². The lowest BCUT2D eigenvalue weighted by atomic mass is 9.33. The third-order valence-electron chi connectivity index (χ3n) is 15.4. The Kier molecular flexibility index (Phi) is 8.94. The lowest BCUT2D eigenvalue weighted by molar-refractivity contribution is -0.223. The zero-order chi connectivity index (χ0) is 35.3. The number of rotatable bonds is 7. The summed E-state index contributed by atoms with van der Waals surface area (Å²) in [6, 6.07) is 0. The molecule has 0 radical (unpaired) electrons. The molecule has 1 N–H and O–H groups in total. The number of halogens is 3. The van der Waals surface area contributed by atoms with E-state index in [2.05, 4.69) is 44.5 Å². The molecule has 0 aromatic rings. The van der Waals surface area contributed by atoms with Gasteiger partial charge in [-0.1, -0.05) is 46.8 Å². The third-order valence-corrected chi connectivity index (χ3v) is 18.0. The van der Waals surface area contributed by atoms with Crippen molar-refractivity contribution >= 4 is 20.0 Å². The fourth-order valence-electron chi connectivity index (χ4n) is 12.8. The summed E-state index contributed by atoms with van der Waals surface area (Å²) >= 11 is 0. The Morgan fingerprint density at radius 3 is 2.27 bits per heavy atom. The second-order valence-corrected chi connectivity index (χ2v) is 21.6. The predicted octanol–water partition coefficient (Wildman–Crippen LogP) is 7.08. The Labute approximate surface area is 286 Å². The van der Waals surface area contributed by atoms with Gasteiger partial charge in [0.2, 0.25) is 0 Å². The van der Waals surface area contributed by atoms with Gasteiger partial charge in [-0.05, 0) is 117 Å². The van der Waals surface area contributed by atoms with Crippen LogP contribution in [0.3, 0.4) is 0 Å². The van der Waals surface area contributed by atoms with Crippen LogP contribution in [-0.4, -0.2) is 70.5 Å². The standard InChI is InChI=1S/C36H57F3N2O5S2/c1-24(2)25-10-15-35(40-18-19-41-20-22-47(42,43)23-21-41)17-16-33(6)26(30(25)35)8-9-28-32(5)13-12-29(46-48(44,45)36(37,38)39)31(3,4)27(32)11-14-34(28,33)7/h12,25-28,30,40H,1,8-11,13-23H2,2-7H3/t25?,26-,27+,28-,30-,32+,33-,34-,35+/m1/s1. The van der Waals surface area contributed by atoms with E-state index in [0.717, 1.165) is 64.5 Å². The van der Waals surface area contributed by atoms with Gasteiger partial charge in [0.25, 0.3) is 0 Å². The van der Waals surface area contributed by atoms with Crippen molar-refractivity contribution in [2.24, 2.45) is 51.2 Å². The van der Waals surface area contributed by atoms with E-state index in [0.29, 0.717) is 43.2 Å². The Bertz CT molecular complexity index is 1550. The largest absolute Gasteiger partial charge is 0.534 e. The molecule has 48 heavy (non-hydrogen) atoms. The molecule has 6 rings (SSSR count). The number of hydrogen-bond acceptors (Lipinski definition) is 7. The first-order chi connectivity index (χ1) is 22.0. The van der Waals surface area contributed by atoms with Gasteiger partial charge >= 0.3 is 15.6 Å². The molecule has 7 nitrogen and oxygen atoms in total. The molecule has 0 aromatic heterocycles. The van der Waals surface area contributed by atoms with E-state index in [1.807, 2.05) is 13.8 Å². The summed E-state index contributed by atoms with van der Waals surface area (Å²) in [6.45, 7) is 20.7. The van der Waals surface area contributed by atoms with E-state index in [1.165, 1.54) is 5.57 Å². The molecule has 1 aliphatic heterocycles. The lowest BCUT2D eigenvalue weighted by Gasteiger charge is -2.72. The van der Waals surface area contributed by atoms with Crippen LogP contribution in [0.5, 0.6) is 0 Å². The molecule has 5 fully saturated rings. The molecule has 0 aromatic carbocycles. The highest BCUT2D eigenvalue weighted by atomic mass is 32.2. The molecule has 0 bridgehead atoms. The fourth-order valence-corrected chi connectivity index (χ4v) is 14.7. The summed E-state index contributed by atoms with van der Waals surface area (Å²) < 4.78 is 92.9. The van der Waals surface area contributed by atoms with Crippen molar-refractivity contribution in [3.8, 4) is 0 Å². The average molecular weight is 719 g/mol. The molecular weight excluding hydrogens is 662 g/mol. The first kappa shape index (κ1) is 36.7. The molecule has 5 aliphatic carbocycles. The Hall–Kier alpha value is -1.11. The minimum atomic E-state index is -5.74. The van der Waals surface area contributed by atoms with Crippen molar-refractivity contribution in [1.82, 2.24) is 10.2 Å². The summed E-state index contributed by atoms with van der Waals surface area (Å²) in [5, 5.41) is 4.10. The van der Waals surface area contributed by atoms with Gasteiger partial charge in [-0.3, -0.25) is 0 Å². The zero-order valence-corrected chi connectivity index (χ0v) is 31.3. The van der Waals surface area contributed by atoms with Crippen molar-refractivity contribution in [1.29, 1.82) is 0 Å². The predicted molar refractivity (Wildman–Crippen MR) is 182 cm³/mol. The topological polar surface area (TPSA) is 92.8 Å². The minimum Gasteiger partial charge on any atom is -0.380 e. The number of hydrogen-bond donors (Lipinski definition) is 1. The van der Waals surface area contributed by atoms with Gasteiger partial charge in [-0.25, -0.2) is 8.42 Å². The summed E-state index contributed by atoms with van der Waals surface area (Å²) in [6.07, 6.45) is 10.5. The van der Waals surface area contributed by atoms with Crippen LogP contribution in [0.2, 0.25) is 0 Å². The normalized spacial score (nSPS) is 44.0. The maximum absolute atomic E-state index is 13.3. The molecule has 4 saturated carbocycles. The van der Waals surface area contributed by atoms with Crippen LogP contribution in [0.4, 0.5) is 13.2 Å². The number of fused-ring (bicyclic) bond motifs is 7. The molecule has 9 atom stereocenters. The molecule has 0 amide bonds. The van der Waals surface area contributed by atoms with Crippen molar-refractivity contribution in [3.63, 3.8) is 0 Å². The summed E-state index contributed by atoms with van der Waals surface area (Å²) in [5.41, 5.74) is -5.13. The molecule has 6 aliphatic rings. The number of alkyl halides is 3. The zero-order valence-electron chi connectivity index (χ0n) is 29.7. The van der Waals surface area contributed by atoms with Crippen LogP contribution in [0, 0.1) is 51.2 Å². The average Bonchev–Trinajstić information content (AvgIpc) is 3.35. The van der Waals surface area contributed by atoms with Crippen molar-refractivity contribution in [2.45, 2.75) is 110 Å². The van der Waals surface area contributed by atoms with Gasteiger partial charge in [-0.2, -0.15) is 21.6 Å². The number of allylic oxidation sites excluding steroid dienone is 3. The Morgan fingerprint density at radius 2 is 1.65 bits per heavy atom. The highest BCUT2D eigenvalue weighted by molar-refractivity contribution is 7.91. The van der Waals surface area contributed by atoms with E-state index in [1.54, 1.807) is 6.08 Å². The third kappa shape index (κ3) is 5.54. The van der Waals surface area contributed by atoms with E-state index in [-0.39, 0.29) is 45.0 Å². The van der Waals surface area contributed by atoms with Gasteiger partial charge in [0.05, 0.1) is 11.5 Å². The summed E-state index contributed by atoms with van der Waals surface area (Å²) in [4.78, 5) is 2.28. The van der Waals surface area contributed by atoms with Gasteiger partial charge in [0.1, 0.15) is 5.76 Å². The SMILES string of the molecule is C=C(C)C1CC[C@]2(NCCN3CCS(=O)(=O)CC3)CC[C@]3(C)[C@H](CC[C@@H]4[C@@]5(C)CC=C(OS(=O)(=O)C(F)(F)F)C(C)(C)[C@@H]5CC[C@]43C)[C@@H]12. The number of sulfone groups is 1. The molecule has 1 saturated heterocycles. The second-order valence-electron chi connectivity index (χ2n) is 17.7. The second kappa shape index (κ2) is 11.7. The first-order valence-electron chi connectivity index (χ1n) is 18.1. The van der Waals surface area contributed by atoms with E-state index < -0.39 is 30.9 Å². The van der Waals surface area contributed by atoms with Gasteiger partial charge < -0.3 is 14.4 Å². The van der Waals surface area contributed by atoms with Crippen molar-refractivity contribution in [2.75, 3.05) is 37.7 Å². The first-order valence-corrected chi connectivity index (χ1v) is 21.3. The lowest BCUT2D eigenvalue weighted by Crippen LogP contribution is -2.68. The Balaban J connectivity index is 1.26. The molecule has 12 heteroatoms. The Morgan fingerprint density at radius 1 is 0.979 bits per heavy atom. The highest BCUT2D eigenvalue weighted by Gasteiger charge is 2.70. The molecule has 274 valence electrons. The van der Waals surface area contributed by atoms with E-state index >= 15 is 0 Å². The van der Waals surface area contributed by atoms with E-state index in [9.17, 15) is 30.0 Å². The van der Waals surface area contributed by atoms with Crippen LogP contribution >= 0.6 is 0 Å². The smallest absolute Gasteiger partial charge is 0.380 e. The van der Waals surface area contributed by atoms with Crippen LogP contribution in [0.1, 0.15) is 99.3 Å². The van der Waals surface area contributed by atoms with Gasteiger partial charge in [0, 0.05) is 37.1 Å². The fraction of sp³-hybridized carbons (Fsp3) is 0.889. The van der Waals surface area contributed by atoms with Crippen LogP contribution in [0.15, 0.2) is 24.0 Å². The molecule has 0 spiro atoms.